The van der Waals surface area contributed by atoms with Crippen molar-refractivity contribution in [3.8, 4) is 0 Å². The lowest BCUT2D eigenvalue weighted by Gasteiger charge is -2.39. The largest absolute Gasteiger partial charge is 0.444 e. The van der Waals surface area contributed by atoms with E-state index in [2.05, 4.69) is 45.8 Å². The van der Waals surface area contributed by atoms with Gasteiger partial charge in [0.05, 0.1) is 18.8 Å². The molecule has 1 amide bonds. The maximum Gasteiger partial charge on any atom is 0.407 e. The summed E-state index contributed by atoms with van der Waals surface area (Å²) in [4.78, 5) is 12.1. The first-order valence-electron chi connectivity index (χ1n) is 9.18. The highest BCUT2D eigenvalue weighted by molar-refractivity contribution is 6.74. The van der Waals surface area contributed by atoms with Crippen molar-refractivity contribution in [1.29, 1.82) is 0 Å². The summed E-state index contributed by atoms with van der Waals surface area (Å²) in [6, 6.07) is -0.676. The first-order chi connectivity index (χ1) is 11.6. The summed E-state index contributed by atoms with van der Waals surface area (Å²) in [6.07, 6.45) is 0.549. The third-order valence-electron chi connectivity index (χ3n) is 4.76. The van der Waals surface area contributed by atoms with Gasteiger partial charge in [0.2, 0.25) is 0 Å². The monoisotopic (exact) mass is 389 g/mol. The smallest absolute Gasteiger partial charge is 0.407 e. The van der Waals surface area contributed by atoms with Crippen LogP contribution in [0.15, 0.2) is 12.7 Å². The third kappa shape index (κ3) is 8.66. The summed E-state index contributed by atoms with van der Waals surface area (Å²) in [7, 11) is -2.04. The van der Waals surface area contributed by atoms with Crippen molar-refractivity contribution in [3.63, 3.8) is 0 Å². The molecule has 7 heteroatoms. The van der Waals surface area contributed by atoms with Crippen LogP contribution in [0.1, 0.15) is 48.0 Å². The number of hydrogen-bond donors (Lipinski definition) is 3. The molecule has 3 atom stereocenters. The van der Waals surface area contributed by atoms with Crippen molar-refractivity contribution in [2.75, 3.05) is 13.2 Å². The van der Waals surface area contributed by atoms with E-state index in [-0.39, 0.29) is 18.3 Å². The molecule has 0 radical (unpaired) electrons. The van der Waals surface area contributed by atoms with Crippen molar-refractivity contribution in [2.24, 2.45) is 5.92 Å². The fraction of sp³-hybridized carbons (Fsp3) is 0.842. The average molecular weight is 390 g/mol. The molecule has 0 rings (SSSR count). The second-order valence-corrected chi connectivity index (χ2v) is 14.1. The number of nitrogens with one attached hydrogen (secondary N) is 1. The van der Waals surface area contributed by atoms with Gasteiger partial charge in [-0.25, -0.2) is 4.79 Å². The molecule has 6 nitrogen and oxygen atoms in total. The van der Waals surface area contributed by atoms with Crippen molar-refractivity contribution < 1.29 is 24.2 Å². The lowest BCUT2D eigenvalue weighted by molar-refractivity contribution is 0.0190. The standard InChI is InChI=1S/C19H39NO5Si/c1-10-11-16(22)14(13-24-26(8,9)19(5,6)7)15(12-21)20-17(23)25-18(2,3)4/h10,14-16,21-22H,1,11-13H2,2-9H3,(H,20,23)/t14-,15+,16-/m0/s1. The molecule has 0 fully saturated rings. The van der Waals surface area contributed by atoms with Crippen LogP contribution in [-0.4, -0.2) is 55.6 Å². The molecular weight excluding hydrogens is 350 g/mol. The molecule has 3 N–H and O–H groups in total. The molecule has 0 saturated carbocycles. The average Bonchev–Trinajstić information content (AvgIpc) is 2.43. The lowest BCUT2D eigenvalue weighted by Crippen LogP contribution is -2.52. The molecule has 0 aromatic rings. The van der Waals surface area contributed by atoms with Crippen LogP contribution >= 0.6 is 0 Å². The first-order valence-corrected chi connectivity index (χ1v) is 12.1. The predicted octanol–water partition coefficient (Wildman–Crippen LogP) is 3.45. The van der Waals surface area contributed by atoms with Gasteiger partial charge in [-0.05, 0) is 45.3 Å². The molecule has 0 heterocycles. The number of aliphatic hydroxyl groups excluding tert-OH is 2. The second kappa shape index (κ2) is 9.87. The Labute approximate surface area is 160 Å². The summed E-state index contributed by atoms with van der Waals surface area (Å²) in [5, 5.41) is 23.0. The van der Waals surface area contributed by atoms with Crippen LogP contribution in [0.5, 0.6) is 0 Å². The molecule has 0 aliphatic rings. The van der Waals surface area contributed by atoms with Crippen LogP contribution in [0, 0.1) is 5.92 Å². The van der Waals surface area contributed by atoms with Crippen LogP contribution in [0.25, 0.3) is 0 Å². The molecular formula is C19H39NO5Si. The van der Waals surface area contributed by atoms with Gasteiger partial charge in [0.15, 0.2) is 8.32 Å². The maximum atomic E-state index is 12.1. The van der Waals surface area contributed by atoms with Gasteiger partial charge in [-0.2, -0.15) is 0 Å². The van der Waals surface area contributed by atoms with Crippen molar-refractivity contribution in [1.82, 2.24) is 5.32 Å². The Bertz CT molecular complexity index is 454. The number of carbonyl (C=O) groups excluding carboxylic acids is 1. The van der Waals surface area contributed by atoms with Crippen molar-refractivity contribution in [2.45, 2.75) is 83.8 Å². The molecule has 26 heavy (non-hydrogen) atoms. The van der Waals surface area contributed by atoms with E-state index in [1.54, 1.807) is 26.8 Å². The molecule has 0 aliphatic carbocycles. The van der Waals surface area contributed by atoms with E-state index in [4.69, 9.17) is 9.16 Å². The van der Waals surface area contributed by atoms with Gasteiger partial charge in [0.25, 0.3) is 0 Å². The summed E-state index contributed by atoms with van der Waals surface area (Å²) in [5.41, 5.74) is -0.642. The fourth-order valence-corrected chi connectivity index (χ4v) is 3.15. The van der Waals surface area contributed by atoms with Crippen LogP contribution in [0.3, 0.4) is 0 Å². The molecule has 0 saturated heterocycles. The number of rotatable bonds is 9. The number of amides is 1. The molecule has 0 spiro atoms. The Balaban J connectivity index is 5.25. The third-order valence-corrected chi connectivity index (χ3v) is 9.26. The Kier molecular flexibility index (Phi) is 9.53. The number of carbonyl (C=O) groups is 1. The fourth-order valence-electron chi connectivity index (χ4n) is 2.11. The minimum Gasteiger partial charge on any atom is -0.444 e. The van der Waals surface area contributed by atoms with E-state index in [1.807, 2.05) is 0 Å². The van der Waals surface area contributed by atoms with Crippen LogP contribution in [-0.2, 0) is 9.16 Å². The highest BCUT2D eigenvalue weighted by Crippen LogP contribution is 2.37. The van der Waals surface area contributed by atoms with E-state index in [0.717, 1.165) is 0 Å². The maximum absolute atomic E-state index is 12.1. The van der Waals surface area contributed by atoms with Crippen LogP contribution in [0.2, 0.25) is 18.1 Å². The number of alkyl carbamates (subject to hydrolysis) is 1. The lowest BCUT2D eigenvalue weighted by atomic mass is 9.93. The quantitative estimate of drug-likeness (QED) is 0.415. The number of hydrogen-bond acceptors (Lipinski definition) is 5. The van der Waals surface area contributed by atoms with Crippen molar-refractivity contribution in [3.05, 3.63) is 12.7 Å². The summed E-state index contributed by atoms with van der Waals surface area (Å²) >= 11 is 0. The van der Waals surface area contributed by atoms with Crippen LogP contribution < -0.4 is 5.32 Å². The van der Waals surface area contributed by atoms with E-state index in [9.17, 15) is 15.0 Å². The van der Waals surface area contributed by atoms with E-state index in [0.29, 0.717) is 6.42 Å². The molecule has 0 aromatic carbocycles. The number of ether oxygens (including phenoxy) is 1. The highest BCUT2D eigenvalue weighted by Gasteiger charge is 2.39. The summed E-state index contributed by atoms with van der Waals surface area (Å²) in [5.74, 6) is -0.473. The van der Waals surface area contributed by atoms with Gasteiger partial charge in [-0.3, -0.25) is 0 Å². The van der Waals surface area contributed by atoms with E-state index < -0.39 is 38.1 Å². The van der Waals surface area contributed by atoms with Gasteiger partial charge < -0.3 is 24.7 Å². The van der Waals surface area contributed by atoms with E-state index in [1.165, 1.54) is 0 Å². The molecule has 0 aliphatic heterocycles. The normalized spacial score (nSPS) is 16.5. The Morgan fingerprint density at radius 1 is 1.23 bits per heavy atom. The Hall–Kier alpha value is -0.893. The van der Waals surface area contributed by atoms with Gasteiger partial charge >= 0.3 is 6.09 Å². The van der Waals surface area contributed by atoms with E-state index >= 15 is 0 Å². The Morgan fingerprint density at radius 3 is 2.15 bits per heavy atom. The Morgan fingerprint density at radius 2 is 1.77 bits per heavy atom. The van der Waals surface area contributed by atoms with Crippen molar-refractivity contribution >= 4 is 14.4 Å². The molecule has 0 bridgehead atoms. The minimum absolute atomic E-state index is 0.0221. The van der Waals surface area contributed by atoms with Gasteiger partial charge in [-0.15, -0.1) is 6.58 Å². The SMILES string of the molecule is C=CC[C@H](O)[C@@H](CO[Si](C)(C)C(C)(C)C)[C@@H](CO)NC(=O)OC(C)(C)C. The summed E-state index contributed by atoms with van der Waals surface area (Å²) < 4.78 is 11.5. The first kappa shape index (κ1) is 25.1. The topological polar surface area (TPSA) is 88.0 Å². The highest BCUT2D eigenvalue weighted by atomic mass is 28.4. The number of aliphatic hydroxyl groups is 2. The van der Waals surface area contributed by atoms with Crippen LogP contribution in [0.4, 0.5) is 4.79 Å². The van der Waals surface area contributed by atoms with Gasteiger partial charge in [-0.1, -0.05) is 26.8 Å². The second-order valence-electron chi connectivity index (χ2n) is 9.26. The van der Waals surface area contributed by atoms with Gasteiger partial charge in [0.1, 0.15) is 5.60 Å². The molecule has 154 valence electrons. The minimum atomic E-state index is -2.04. The van der Waals surface area contributed by atoms with Gasteiger partial charge in [0, 0.05) is 12.5 Å². The molecule has 0 aromatic heterocycles. The zero-order chi connectivity index (χ0) is 20.8. The predicted molar refractivity (Wildman–Crippen MR) is 108 cm³/mol. The molecule has 0 unspecified atom stereocenters. The zero-order valence-corrected chi connectivity index (χ0v) is 18.8. The zero-order valence-electron chi connectivity index (χ0n) is 17.8. The summed E-state index contributed by atoms with van der Waals surface area (Å²) in [6.45, 7) is 19.5.